The van der Waals surface area contributed by atoms with Gasteiger partial charge in [-0.3, -0.25) is 9.78 Å². The smallest absolute Gasteiger partial charge is 0.274 e. The predicted octanol–water partition coefficient (Wildman–Crippen LogP) is 1.55. The van der Waals surface area contributed by atoms with Gasteiger partial charge in [-0.1, -0.05) is 0 Å². The normalized spacial score (nSPS) is 10.6. The lowest BCUT2D eigenvalue weighted by Gasteiger charge is -2.03. The van der Waals surface area contributed by atoms with E-state index >= 15 is 0 Å². The van der Waals surface area contributed by atoms with Gasteiger partial charge in [-0.25, -0.2) is 0 Å². The third-order valence-electron chi connectivity index (χ3n) is 2.70. The minimum atomic E-state index is -0.293. The van der Waals surface area contributed by atoms with Gasteiger partial charge in [0.25, 0.3) is 5.56 Å². The molecule has 102 valence electrons. The van der Waals surface area contributed by atoms with Crippen molar-refractivity contribution in [2.45, 2.75) is 13.0 Å². The fourth-order valence-corrected chi connectivity index (χ4v) is 1.72. The number of anilines is 1. The largest absolute Gasteiger partial charge is 0.469 e. The maximum Gasteiger partial charge on any atom is 0.274 e. The second kappa shape index (κ2) is 5.43. The first-order valence-electron chi connectivity index (χ1n) is 6.06. The molecule has 0 aliphatic rings. The highest BCUT2D eigenvalue weighted by Gasteiger charge is 2.07. The first kappa shape index (κ1) is 12.2. The van der Waals surface area contributed by atoms with Gasteiger partial charge in [0.1, 0.15) is 17.2 Å². The zero-order chi connectivity index (χ0) is 13.8. The monoisotopic (exact) mass is 272 g/mol. The quantitative estimate of drug-likeness (QED) is 0.731. The van der Waals surface area contributed by atoms with E-state index < -0.39 is 0 Å². The third-order valence-corrected chi connectivity index (χ3v) is 2.70. The maximum absolute atomic E-state index is 11.9. The lowest BCUT2D eigenvalue weighted by atomic mass is 10.2. The van der Waals surface area contributed by atoms with Crippen LogP contribution in [0.1, 0.15) is 17.2 Å². The molecule has 3 heterocycles. The number of rotatable bonds is 5. The van der Waals surface area contributed by atoms with E-state index in [-0.39, 0.29) is 5.56 Å². The predicted molar refractivity (Wildman–Crippen MR) is 70.2 cm³/mol. The molecule has 7 nitrogen and oxygen atoms in total. The summed E-state index contributed by atoms with van der Waals surface area (Å²) in [7, 11) is 0. The van der Waals surface area contributed by atoms with E-state index in [1.54, 1.807) is 30.7 Å². The molecule has 0 aromatic carbocycles. The highest BCUT2D eigenvalue weighted by molar-refractivity contribution is 5.23. The lowest BCUT2D eigenvalue weighted by Crippen LogP contribution is -2.19. The molecule has 0 spiro atoms. The van der Waals surface area contributed by atoms with Crippen LogP contribution in [-0.2, 0) is 13.0 Å². The average molecular weight is 272 g/mol. The van der Waals surface area contributed by atoms with Crippen molar-refractivity contribution in [1.82, 2.24) is 15.2 Å². The Morgan fingerprint density at radius 1 is 1.10 bits per heavy atom. The van der Waals surface area contributed by atoms with Crippen LogP contribution in [0, 0.1) is 0 Å². The summed E-state index contributed by atoms with van der Waals surface area (Å²) >= 11 is 0. The van der Waals surface area contributed by atoms with E-state index in [2.05, 4.69) is 20.5 Å². The van der Waals surface area contributed by atoms with Crippen LogP contribution in [-0.4, -0.2) is 15.2 Å². The molecular weight excluding hydrogens is 260 g/mol. The second-order valence-electron chi connectivity index (χ2n) is 4.14. The van der Waals surface area contributed by atoms with Crippen molar-refractivity contribution in [3.05, 3.63) is 64.4 Å². The standard InChI is InChI=1S/C13H12N4O3/c18-12-11(7-9-3-1-5-19-9)16-17-13(15-12)14-8-10-4-2-6-20-10/h1-6H,7-8H2,(H2,14,15,17,18). The van der Waals surface area contributed by atoms with Crippen molar-refractivity contribution in [2.24, 2.45) is 0 Å². The summed E-state index contributed by atoms with van der Waals surface area (Å²) in [6.45, 7) is 0.426. The summed E-state index contributed by atoms with van der Waals surface area (Å²) < 4.78 is 10.3. The van der Waals surface area contributed by atoms with E-state index in [1.807, 2.05) is 6.07 Å². The molecule has 2 N–H and O–H groups in total. The topological polar surface area (TPSA) is 97.0 Å². The van der Waals surface area contributed by atoms with Crippen LogP contribution in [0.25, 0.3) is 0 Å². The van der Waals surface area contributed by atoms with Crippen molar-refractivity contribution < 1.29 is 8.83 Å². The van der Waals surface area contributed by atoms with Crippen LogP contribution in [0.5, 0.6) is 0 Å². The van der Waals surface area contributed by atoms with E-state index in [9.17, 15) is 4.79 Å². The molecule has 20 heavy (non-hydrogen) atoms. The SMILES string of the molecule is O=c1[nH]c(NCc2ccco2)nnc1Cc1ccco1. The van der Waals surface area contributed by atoms with Gasteiger partial charge >= 0.3 is 0 Å². The number of aromatic amines is 1. The summed E-state index contributed by atoms with van der Waals surface area (Å²) in [6, 6.07) is 7.15. The Morgan fingerprint density at radius 3 is 2.50 bits per heavy atom. The number of H-pyrrole nitrogens is 1. The van der Waals surface area contributed by atoms with Crippen LogP contribution in [0.4, 0.5) is 5.95 Å². The minimum Gasteiger partial charge on any atom is -0.469 e. The highest BCUT2D eigenvalue weighted by atomic mass is 16.3. The van der Waals surface area contributed by atoms with Gasteiger partial charge in [-0.2, -0.15) is 0 Å². The minimum absolute atomic E-state index is 0.293. The van der Waals surface area contributed by atoms with Crippen molar-refractivity contribution in [2.75, 3.05) is 5.32 Å². The molecule has 7 heteroatoms. The number of furan rings is 2. The molecule has 3 rings (SSSR count). The summed E-state index contributed by atoms with van der Waals surface area (Å²) in [5.41, 5.74) is 0.0156. The zero-order valence-electron chi connectivity index (χ0n) is 10.5. The van der Waals surface area contributed by atoms with E-state index in [4.69, 9.17) is 8.83 Å². The molecule has 0 atom stereocenters. The zero-order valence-corrected chi connectivity index (χ0v) is 10.5. The van der Waals surface area contributed by atoms with Crippen LogP contribution in [0.2, 0.25) is 0 Å². The van der Waals surface area contributed by atoms with Crippen LogP contribution in [0.15, 0.2) is 50.4 Å². The molecule has 0 bridgehead atoms. The van der Waals surface area contributed by atoms with Gasteiger partial charge < -0.3 is 14.2 Å². The number of hydrogen-bond donors (Lipinski definition) is 2. The van der Waals surface area contributed by atoms with Crippen molar-refractivity contribution >= 4 is 5.95 Å². The van der Waals surface area contributed by atoms with Gasteiger partial charge in [0.15, 0.2) is 0 Å². The molecule has 0 radical (unpaired) electrons. The first-order valence-corrected chi connectivity index (χ1v) is 6.06. The molecule has 0 aliphatic carbocycles. The van der Waals surface area contributed by atoms with Gasteiger partial charge in [0, 0.05) is 0 Å². The number of nitrogens with zero attached hydrogens (tertiary/aromatic N) is 2. The lowest BCUT2D eigenvalue weighted by molar-refractivity contribution is 0.515. The molecule has 0 fully saturated rings. The molecule has 0 amide bonds. The maximum atomic E-state index is 11.9. The van der Waals surface area contributed by atoms with Crippen molar-refractivity contribution in [1.29, 1.82) is 0 Å². The Balaban J connectivity index is 1.69. The Kier molecular flexibility index (Phi) is 3.32. The Bertz CT molecular complexity index is 716. The van der Waals surface area contributed by atoms with Crippen LogP contribution in [0.3, 0.4) is 0 Å². The summed E-state index contributed by atoms with van der Waals surface area (Å²) in [6.07, 6.45) is 3.45. The fraction of sp³-hybridized carbons (Fsp3) is 0.154. The average Bonchev–Trinajstić information content (AvgIpc) is 3.12. The van der Waals surface area contributed by atoms with Gasteiger partial charge in [0.05, 0.1) is 25.5 Å². The first-order chi connectivity index (χ1) is 9.81. The second-order valence-corrected chi connectivity index (χ2v) is 4.14. The van der Waals surface area contributed by atoms with Gasteiger partial charge in [-0.05, 0) is 24.3 Å². The number of nitrogens with one attached hydrogen (secondary N) is 2. The molecule has 0 saturated carbocycles. The Hall–Kier alpha value is -2.83. The van der Waals surface area contributed by atoms with Crippen molar-refractivity contribution in [3.8, 4) is 0 Å². The number of aromatic nitrogens is 3. The molecule has 0 aliphatic heterocycles. The van der Waals surface area contributed by atoms with Crippen LogP contribution < -0.4 is 10.9 Å². The molecule has 3 aromatic rings. The highest BCUT2D eigenvalue weighted by Crippen LogP contribution is 2.05. The molecule has 3 aromatic heterocycles. The molecular formula is C13H12N4O3. The fourth-order valence-electron chi connectivity index (χ4n) is 1.72. The van der Waals surface area contributed by atoms with E-state index in [0.717, 1.165) is 5.76 Å². The molecule has 0 unspecified atom stereocenters. The van der Waals surface area contributed by atoms with Crippen molar-refractivity contribution in [3.63, 3.8) is 0 Å². The Morgan fingerprint density at radius 2 is 1.85 bits per heavy atom. The summed E-state index contributed by atoms with van der Waals surface area (Å²) in [5.74, 6) is 1.71. The van der Waals surface area contributed by atoms with E-state index in [1.165, 1.54) is 0 Å². The van der Waals surface area contributed by atoms with Gasteiger partial charge in [0.2, 0.25) is 5.95 Å². The van der Waals surface area contributed by atoms with Crippen LogP contribution >= 0.6 is 0 Å². The van der Waals surface area contributed by atoms with Gasteiger partial charge in [-0.15, -0.1) is 10.2 Å². The molecule has 0 saturated heterocycles. The number of hydrogen-bond acceptors (Lipinski definition) is 6. The summed E-state index contributed by atoms with van der Waals surface area (Å²) in [5, 5.41) is 10.8. The Labute approximate surface area is 113 Å². The van der Waals surface area contributed by atoms with E-state index in [0.29, 0.717) is 30.4 Å². The third kappa shape index (κ3) is 2.77. The summed E-state index contributed by atoms with van der Waals surface area (Å²) in [4.78, 5) is 14.5.